The molecule has 1 aromatic rings. The van der Waals surface area contributed by atoms with Gasteiger partial charge in [0, 0.05) is 0 Å². The normalized spacial score (nSPS) is 8.82. The van der Waals surface area contributed by atoms with Crippen LogP contribution in [-0.4, -0.2) is 15.0 Å². The summed E-state index contributed by atoms with van der Waals surface area (Å²) in [5.74, 6) is 2.10. The van der Waals surface area contributed by atoms with E-state index < -0.39 is 0 Å². The molecule has 0 saturated carbocycles. The standard InChI is InChI=1S/C7H7N3Se/c1-11-7-5-3-2-4-6(7)9-10-8/h2-5H,1H3. The Labute approximate surface area is 71.2 Å². The van der Waals surface area contributed by atoms with Crippen molar-refractivity contribution in [1.82, 2.24) is 0 Å². The number of azide groups is 1. The molecule has 0 spiro atoms. The molecule has 0 aliphatic rings. The van der Waals surface area contributed by atoms with Gasteiger partial charge in [-0.2, -0.15) is 0 Å². The number of nitrogens with zero attached hydrogens (tertiary/aromatic N) is 3. The minimum atomic E-state index is 0.394. The first-order valence-corrected chi connectivity index (χ1v) is 5.63. The molecule has 3 nitrogen and oxygen atoms in total. The van der Waals surface area contributed by atoms with Crippen molar-refractivity contribution in [2.45, 2.75) is 5.82 Å². The summed E-state index contributed by atoms with van der Waals surface area (Å²) in [6.07, 6.45) is 0. The van der Waals surface area contributed by atoms with Crippen LogP contribution in [0.3, 0.4) is 0 Å². The van der Waals surface area contributed by atoms with E-state index in [0.29, 0.717) is 15.0 Å². The van der Waals surface area contributed by atoms with Crippen LogP contribution in [0, 0.1) is 0 Å². The van der Waals surface area contributed by atoms with Crippen LogP contribution in [-0.2, 0) is 0 Å². The summed E-state index contributed by atoms with van der Waals surface area (Å²) in [6.45, 7) is 0. The van der Waals surface area contributed by atoms with Gasteiger partial charge in [0.05, 0.1) is 0 Å². The molecular formula is C7H7N3Se. The number of benzene rings is 1. The fourth-order valence-electron chi connectivity index (χ4n) is 0.761. The van der Waals surface area contributed by atoms with E-state index in [1.165, 1.54) is 0 Å². The van der Waals surface area contributed by atoms with Crippen LogP contribution in [0.2, 0.25) is 5.82 Å². The number of hydrogen-bond acceptors (Lipinski definition) is 1. The van der Waals surface area contributed by atoms with Gasteiger partial charge in [0.15, 0.2) is 0 Å². The van der Waals surface area contributed by atoms with Gasteiger partial charge < -0.3 is 0 Å². The van der Waals surface area contributed by atoms with E-state index in [-0.39, 0.29) is 0 Å². The molecule has 0 bridgehead atoms. The third-order valence-electron chi connectivity index (χ3n) is 1.24. The molecule has 0 aliphatic heterocycles. The molecule has 0 saturated heterocycles. The summed E-state index contributed by atoms with van der Waals surface area (Å²) in [6, 6.07) is 7.65. The van der Waals surface area contributed by atoms with Crippen LogP contribution in [0.1, 0.15) is 0 Å². The predicted molar refractivity (Wildman–Crippen MR) is 46.5 cm³/mol. The molecule has 1 rings (SSSR count). The maximum absolute atomic E-state index is 8.20. The second kappa shape index (κ2) is 4.04. The zero-order valence-corrected chi connectivity index (χ0v) is 7.77. The van der Waals surface area contributed by atoms with Crippen LogP contribution in [0.5, 0.6) is 0 Å². The van der Waals surface area contributed by atoms with E-state index in [1.54, 1.807) is 0 Å². The molecule has 0 heterocycles. The van der Waals surface area contributed by atoms with E-state index in [4.69, 9.17) is 5.53 Å². The molecule has 0 aromatic heterocycles. The molecule has 0 N–H and O–H groups in total. The van der Waals surface area contributed by atoms with Gasteiger partial charge in [0.25, 0.3) is 0 Å². The molecule has 0 aliphatic carbocycles. The zero-order chi connectivity index (χ0) is 8.10. The van der Waals surface area contributed by atoms with E-state index >= 15 is 0 Å². The van der Waals surface area contributed by atoms with Crippen LogP contribution in [0.4, 0.5) is 5.69 Å². The summed E-state index contributed by atoms with van der Waals surface area (Å²) in [4.78, 5) is 2.75. The molecule has 1 aromatic carbocycles. The Morgan fingerprint density at radius 2 is 2.18 bits per heavy atom. The minimum absolute atomic E-state index is 0.394. The second-order valence-electron chi connectivity index (χ2n) is 1.86. The number of hydrogen-bond donors (Lipinski definition) is 0. The Morgan fingerprint density at radius 1 is 1.45 bits per heavy atom. The average molecular weight is 212 g/mol. The van der Waals surface area contributed by atoms with Crippen molar-refractivity contribution >= 4 is 25.1 Å². The van der Waals surface area contributed by atoms with Crippen LogP contribution < -0.4 is 4.46 Å². The SMILES string of the molecule is C[Se]c1ccccc1N=[N+]=[N-]. The van der Waals surface area contributed by atoms with Crippen LogP contribution in [0.25, 0.3) is 10.4 Å². The fourth-order valence-corrected chi connectivity index (χ4v) is 1.88. The first-order chi connectivity index (χ1) is 5.38. The number of rotatable bonds is 2. The van der Waals surface area contributed by atoms with Gasteiger partial charge in [-0.25, -0.2) is 0 Å². The molecule has 0 unspecified atom stereocenters. The third-order valence-corrected chi connectivity index (χ3v) is 2.88. The van der Waals surface area contributed by atoms with Crippen LogP contribution >= 0.6 is 0 Å². The molecular weight excluding hydrogens is 205 g/mol. The van der Waals surface area contributed by atoms with Crippen molar-refractivity contribution in [1.29, 1.82) is 0 Å². The summed E-state index contributed by atoms with van der Waals surface area (Å²) >= 11 is 0.394. The maximum atomic E-state index is 8.20. The quantitative estimate of drug-likeness (QED) is 0.311. The van der Waals surface area contributed by atoms with Gasteiger partial charge in [-0.15, -0.1) is 0 Å². The first kappa shape index (κ1) is 8.15. The van der Waals surface area contributed by atoms with Crippen molar-refractivity contribution in [3.8, 4) is 0 Å². The monoisotopic (exact) mass is 213 g/mol. The second-order valence-corrected chi connectivity index (χ2v) is 3.64. The van der Waals surface area contributed by atoms with Crippen molar-refractivity contribution in [2.24, 2.45) is 5.11 Å². The van der Waals surface area contributed by atoms with E-state index in [9.17, 15) is 0 Å². The van der Waals surface area contributed by atoms with Crippen LogP contribution in [0.15, 0.2) is 29.4 Å². The van der Waals surface area contributed by atoms with E-state index in [0.717, 1.165) is 10.1 Å². The van der Waals surface area contributed by atoms with Gasteiger partial charge in [0.1, 0.15) is 0 Å². The van der Waals surface area contributed by atoms with Gasteiger partial charge in [0.2, 0.25) is 0 Å². The molecule has 11 heavy (non-hydrogen) atoms. The first-order valence-electron chi connectivity index (χ1n) is 3.06. The van der Waals surface area contributed by atoms with Crippen molar-refractivity contribution in [3.05, 3.63) is 34.7 Å². The van der Waals surface area contributed by atoms with Crippen molar-refractivity contribution < 1.29 is 0 Å². The average Bonchev–Trinajstić information content (AvgIpc) is 2.06. The van der Waals surface area contributed by atoms with E-state index in [1.807, 2.05) is 24.3 Å². The summed E-state index contributed by atoms with van der Waals surface area (Å²) in [7, 11) is 0. The molecule has 0 atom stereocenters. The third kappa shape index (κ3) is 1.99. The zero-order valence-electron chi connectivity index (χ0n) is 6.06. The Bertz CT molecular complexity index is 291. The van der Waals surface area contributed by atoms with Gasteiger partial charge in [-0.3, -0.25) is 0 Å². The Balaban J connectivity index is 3.11. The van der Waals surface area contributed by atoms with Gasteiger partial charge in [-0.1, -0.05) is 0 Å². The molecule has 56 valence electrons. The fraction of sp³-hybridized carbons (Fsp3) is 0.143. The summed E-state index contributed by atoms with van der Waals surface area (Å²) < 4.78 is 1.15. The Hall–Kier alpha value is -0.951. The molecule has 0 amide bonds. The predicted octanol–water partition coefficient (Wildman–Crippen LogP) is 2.01. The molecule has 0 radical (unpaired) electrons. The summed E-state index contributed by atoms with van der Waals surface area (Å²) in [5, 5.41) is 3.57. The summed E-state index contributed by atoms with van der Waals surface area (Å²) in [5.41, 5.74) is 8.97. The topological polar surface area (TPSA) is 48.8 Å². The molecule has 4 heteroatoms. The van der Waals surface area contributed by atoms with Crippen molar-refractivity contribution in [2.75, 3.05) is 0 Å². The van der Waals surface area contributed by atoms with Crippen molar-refractivity contribution in [3.63, 3.8) is 0 Å². The van der Waals surface area contributed by atoms with E-state index in [2.05, 4.69) is 15.8 Å². The Kier molecular flexibility index (Phi) is 2.99. The Morgan fingerprint density at radius 3 is 2.82 bits per heavy atom. The molecule has 0 fully saturated rings. The van der Waals surface area contributed by atoms with Gasteiger partial charge in [-0.05, 0) is 0 Å². The van der Waals surface area contributed by atoms with Gasteiger partial charge >= 0.3 is 70.8 Å².